The molecule has 7 heteroatoms. The standard InChI is InChI=1S/C13H8FNO4S/c14-8-4-3-7-11(12(8)13(16)17)20-10-6-2-1-5-9(10)15(18)19/h1-7H,(H,16,17). The van der Waals surface area contributed by atoms with Crippen molar-refractivity contribution in [1.82, 2.24) is 0 Å². The van der Waals surface area contributed by atoms with Crippen LogP contribution in [-0.4, -0.2) is 16.0 Å². The summed E-state index contributed by atoms with van der Waals surface area (Å²) in [5.41, 5.74) is -0.645. The second-order valence-corrected chi connectivity index (χ2v) is 4.83. The van der Waals surface area contributed by atoms with Crippen molar-refractivity contribution in [3.63, 3.8) is 0 Å². The van der Waals surface area contributed by atoms with Crippen molar-refractivity contribution in [3.8, 4) is 0 Å². The third kappa shape index (κ3) is 2.77. The highest BCUT2D eigenvalue weighted by Crippen LogP contribution is 2.36. The molecule has 0 aliphatic rings. The van der Waals surface area contributed by atoms with E-state index in [1.165, 1.54) is 30.3 Å². The number of nitrogens with zero attached hydrogens (tertiary/aromatic N) is 1. The quantitative estimate of drug-likeness (QED) is 0.688. The monoisotopic (exact) mass is 293 g/mol. The fraction of sp³-hybridized carbons (Fsp3) is 0. The van der Waals surface area contributed by atoms with Crippen LogP contribution in [0.5, 0.6) is 0 Å². The fourth-order valence-electron chi connectivity index (χ4n) is 1.61. The summed E-state index contributed by atoms with van der Waals surface area (Å²) in [6.45, 7) is 0. The highest BCUT2D eigenvalue weighted by molar-refractivity contribution is 7.99. The van der Waals surface area contributed by atoms with Gasteiger partial charge >= 0.3 is 5.97 Å². The molecule has 0 saturated carbocycles. The molecule has 2 aromatic rings. The van der Waals surface area contributed by atoms with Gasteiger partial charge in [-0.05, 0) is 18.2 Å². The molecule has 2 rings (SSSR count). The summed E-state index contributed by atoms with van der Waals surface area (Å²) >= 11 is 0.849. The number of rotatable bonds is 4. The maximum absolute atomic E-state index is 13.5. The third-order valence-corrected chi connectivity index (χ3v) is 3.60. The van der Waals surface area contributed by atoms with E-state index in [2.05, 4.69) is 0 Å². The molecule has 0 spiro atoms. The van der Waals surface area contributed by atoms with Gasteiger partial charge in [-0.3, -0.25) is 10.1 Å². The van der Waals surface area contributed by atoms with Crippen molar-refractivity contribution < 1.29 is 19.2 Å². The number of nitro groups is 1. The van der Waals surface area contributed by atoms with Gasteiger partial charge in [0.1, 0.15) is 11.4 Å². The van der Waals surface area contributed by atoms with Gasteiger partial charge in [-0.25, -0.2) is 9.18 Å². The van der Waals surface area contributed by atoms with Crippen LogP contribution in [0.15, 0.2) is 52.3 Å². The molecule has 0 saturated heterocycles. The van der Waals surface area contributed by atoms with E-state index in [0.29, 0.717) is 0 Å². The molecule has 0 bridgehead atoms. The summed E-state index contributed by atoms with van der Waals surface area (Å²) in [5.74, 6) is -2.29. The van der Waals surface area contributed by atoms with Gasteiger partial charge in [-0.1, -0.05) is 30.0 Å². The van der Waals surface area contributed by atoms with Crippen LogP contribution in [0.25, 0.3) is 0 Å². The number of nitro benzene ring substituents is 1. The number of carboxylic acids is 1. The Morgan fingerprint density at radius 2 is 1.80 bits per heavy atom. The van der Waals surface area contributed by atoms with E-state index in [4.69, 9.17) is 5.11 Å². The maximum Gasteiger partial charge on any atom is 0.339 e. The highest BCUT2D eigenvalue weighted by atomic mass is 32.2. The minimum absolute atomic E-state index is 0.117. The largest absolute Gasteiger partial charge is 0.478 e. The van der Waals surface area contributed by atoms with Gasteiger partial charge in [0.2, 0.25) is 0 Å². The minimum atomic E-state index is -1.41. The summed E-state index contributed by atoms with van der Waals surface area (Å²) in [6, 6.07) is 9.70. The molecular formula is C13H8FNO4S. The average molecular weight is 293 g/mol. The predicted molar refractivity (Wildman–Crippen MR) is 70.6 cm³/mol. The first kappa shape index (κ1) is 14.0. The zero-order valence-electron chi connectivity index (χ0n) is 9.95. The molecule has 0 radical (unpaired) electrons. The Hall–Kier alpha value is -2.41. The van der Waals surface area contributed by atoms with E-state index in [9.17, 15) is 19.3 Å². The Kier molecular flexibility index (Phi) is 3.99. The molecule has 0 aliphatic heterocycles. The number of aromatic carboxylic acids is 1. The third-order valence-electron chi connectivity index (χ3n) is 2.47. The lowest BCUT2D eigenvalue weighted by Gasteiger charge is -2.07. The van der Waals surface area contributed by atoms with E-state index in [1.807, 2.05) is 0 Å². The van der Waals surface area contributed by atoms with Crippen molar-refractivity contribution in [1.29, 1.82) is 0 Å². The second kappa shape index (κ2) is 5.70. The molecule has 0 fully saturated rings. The van der Waals surface area contributed by atoms with E-state index in [1.54, 1.807) is 6.07 Å². The van der Waals surface area contributed by atoms with Crippen LogP contribution in [0.1, 0.15) is 10.4 Å². The zero-order valence-corrected chi connectivity index (χ0v) is 10.8. The summed E-state index contributed by atoms with van der Waals surface area (Å²) in [5, 5.41) is 19.9. The highest BCUT2D eigenvalue weighted by Gasteiger charge is 2.20. The maximum atomic E-state index is 13.5. The van der Waals surface area contributed by atoms with Crippen molar-refractivity contribution in [3.05, 3.63) is 64.0 Å². The lowest BCUT2D eigenvalue weighted by molar-refractivity contribution is -0.387. The minimum Gasteiger partial charge on any atom is -0.478 e. The zero-order chi connectivity index (χ0) is 14.7. The second-order valence-electron chi connectivity index (χ2n) is 3.75. The van der Waals surface area contributed by atoms with E-state index in [0.717, 1.165) is 17.8 Å². The van der Waals surface area contributed by atoms with E-state index >= 15 is 0 Å². The van der Waals surface area contributed by atoms with Crippen LogP contribution >= 0.6 is 11.8 Å². The van der Waals surface area contributed by atoms with Gasteiger partial charge in [-0.15, -0.1) is 0 Å². The van der Waals surface area contributed by atoms with Crippen LogP contribution < -0.4 is 0 Å². The van der Waals surface area contributed by atoms with Gasteiger partial charge in [0.05, 0.1) is 9.82 Å². The normalized spacial score (nSPS) is 10.2. The summed E-state index contributed by atoms with van der Waals surface area (Å²) in [7, 11) is 0. The SMILES string of the molecule is O=C(O)c1c(F)cccc1Sc1ccccc1[N+](=O)[O-]. The topological polar surface area (TPSA) is 80.4 Å². The van der Waals surface area contributed by atoms with Crippen LogP contribution in [0.3, 0.4) is 0 Å². The van der Waals surface area contributed by atoms with Crippen molar-refractivity contribution in [2.75, 3.05) is 0 Å². The average Bonchev–Trinajstić information content (AvgIpc) is 2.38. The summed E-state index contributed by atoms with van der Waals surface area (Å²) < 4.78 is 13.5. The molecule has 0 aromatic heterocycles. The van der Waals surface area contributed by atoms with Crippen molar-refractivity contribution in [2.24, 2.45) is 0 Å². The molecule has 20 heavy (non-hydrogen) atoms. The van der Waals surface area contributed by atoms with Gasteiger partial charge < -0.3 is 5.11 Å². The Balaban J connectivity index is 2.49. The first-order valence-corrected chi connectivity index (χ1v) is 6.25. The molecular weight excluding hydrogens is 285 g/mol. The number of carboxylic acid groups (broad SMARTS) is 1. The predicted octanol–water partition coefficient (Wildman–Crippen LogP) is 3.58. The van der Waals surface area contributed by atoms with Crippen LogP contribution in [0.4, 0.5) is 10.1 Å². The molecule has 0 unspecified atom stereocenters. The molecule has 0 heterocycles. The van der Waals surface area contributed by atoms with Crippen LogP contribution in [-0.2, 0) is 0 Å². The van der Waals surface area contributed by atoms with Crippen LogP contribution in [0, 0.1) is 15.9 Å². The summed E-state index contributed by atoms with van der Waals surface area (Å²) in [4.78, 5) is 21.8. The van der Waals surface area contributed by atoms with Gasteiger partial charge in [0.15, 0.2) is 0 Å². The Labute approximate surface area is 117 Å². The molecule has 102 valence electrons. The number of benzene rings is 2. The Morgan fingerprint density at radius 3 is 2.45 bits per heavy atom. The van der Waals surface area contributed by atoms with E-state index in [-0.39, 0.29) is 15.5 Å². The fourth-order valence-corrected chi connectivity index (χ4v) is 2.67. The first-order valence-electron chi connectivity index (χ1n) is 5.44. The van der Waals surface area contributed by atoms with Gasteiger partial charge in [0, 0.05) is 11.0 Å². The lowest BCUT2D eigenvalue weighted by Crippen LogP contribution is -2.02. The molecule has 1 N–H and O–H groups in total. The molecule has 0 atom stereocenters. The van der Waals surface area contributed by atoms with Crippen molar-refractivity contribution >= 4 is 23.4 Å². The van der Waals surface area contributed by atoms with Gasteiger partial charge in [-0.2, -0.15) is 0 Å². The van der Waals surface area contributed by atoms with Crippen LogP contribution in [0.2, 0.25) is 0 Å². The number of halogens is 1. The smallest absolute Gasteiger partial charge is 0.339 e. The first-order chi connectivity index (χ1) is 9.50. The Morgan fingerprint density at radius 1 is 1.15 bits per heavy atom. The van der Waals surface area contributed by atoms with Crippen molar-refractivity contribution in [2.45, 2.75) is 9.79 Å². The number of hydrogen-bond acceptors (Lipinski definition) is 4. The van der Waals surface area contributed by atoms with Gasteiger partial charge in [0.25, 0.3) is 5.69 Å². The number of para-hydroxylation sites is 1. The molecule has 2 aromatic carbocycles. The molecule has 0 aliphatic carbocycles. The molecule has 0 amide bonds. The molecule has 5 nitrogen and oxygen atoms in total. The Bertz CT molecular complexity index is 690. The summed E-state index contributed by atoms with van der Waals surface area (Å²) in [6.07, 6.45) is 0. The lowest BCUT2D eigenvalue weighted by atomic mass is 10.2. The number of hydrogen-bond donors (Lipinski definition) is 1. The van der Waals surface area contributed by atoms with E-state index < -0.39 is 22.3 Å². The number of carbonyl (C=O) groups is 1.